The molecule has 0 aliphatic heterocycles. The van der Waals surface area contributed by atoms with Crippen molar-refractivity contribution < 1.29 is 17.0 Å². The molecule has 1 aromatic carbocycles. The minimum absolute atomic E-state index is 0.0532. The van der Waals surface area contributed by atoms with Crippen molar-refractivity contribution in [1.82, 2.24) is 0 Å². The first-order valence-electron chi connectivity index (χ1n) is 3.23. The third kappa shape index (κ3) is 3.31. The van der Waals surface area contributed by atoms with Gasteiger partial charge in [0.2, 0.25) is 0 Å². The molecular weight excluding hydrogens is 263 g/mol. The second-order valence-corrected chi connectivity index (χ2v) is 4.79. The van der Waals surface area contributed by atoms with E-state index in [1.54, 1.807) is 0 Å². The Hall–Kier alpha value is -0.620. The summed E-state index contributed by atoms with van der Waals surface area (Å²) in [6.07, 6.45) is 0.893. The first kappa shape index (κ1) is 10.5. The van der Waals surface area contributed by atoms with Crippen LogP contribution in [0.3, 0.4) is 0 Å². The Morgan fingerprint density at radius 3 is 2.62 bits per heavy atom. The maximum atomic E-state index is 12.6. The van der Waals surface area contributed by atoms with Crippen LogP contribution in [-0.4, -0.2) is 14.7 Å². The van der Waals surface area contributed by atoms with Gasteiger partial charge in [0, 0.05) is 6.07 Å². The Morgan fingerprint density at radius 1 is 1.46 bits per heavy atom. The molecule has 0 heterocycles. The van der Waals surface area contributed by atoms with Crippen LogP contribution >= 0.6 is 15.9 Å². The summed E-state index contributed by atoms with van der Waals surface area (Å²) in [7, 11) is -3.61. The SMILES string of the molecule is CS(=O)(=O)Oc1cc(F)ccc1Br. The van der Waals surface area contributed by atoms with Gasteiger partial charge in [0.15, 0.2) is 5.75 Å². The van der Waals surface area contributed by atoms with E-state index in [1.165, 1.54) is 12.1 Å². The van der Waals surface area contributed by atoms with Crippen molar-refractivity contribution in [3.05, 3.63) is 28.5 Å². The van der Waals surface area contributed by atoms with Gasteiger partial charge in [-0.1, -0.05) is 0 Å². The molecule has 1 aromatic rings. The van der Waals surface area contributed by atoms with E-state index in [0.717, 1.165) is 12.3 Å². The van der Waals surface area contributed by atoms with Crippen molar-refractivity contribution in [2.75, 3.05) is 6.26 Å². The monoisotopic (exact) mass is 268 g/mol. The van der Waals surface area contributed by atoms with Crippen LogP contribution in [0, 0.1) is 5.82 Å². The van der Waals surface area contributed by atoms with E-state index >= 15 is 0 Å². The molecule has 0 saturated heterocycles. The lowest BCUT2D eigenvalue weighted by Gasteiger charge is -2.04. The number of hydrogen-bond acceptors (Lipinski definition) is 3. The Labute approximate surface area is 83.8 Å². The van der Waals surface area contributed by atoms with Gasteiger partial charge in [-0.2, -0.15) is 8.42 Å². The molecule has 1 rings (SSSR count). The highest BCUT2D eigenvalue weighted by atomic mass is 79.9. The second-order valence-electron chi connectivity index (χ2n) is 2.36. The van der Waals surface area contributed by atoms with Gasteiger partial charge in [-0.15, -0.1) is 0 Å². The highest BCUT2D eigenvalue weighted by Crippen LogP contribution is 2.26. The zero-order valence-electron chi connectivity index (χ0n) is 6.62. The van der Waals surface area contributed by atoms with E-state index in [0.29, 0.717) is 4.47 Å². The Balaban J connectivity index is 3.08. The lowest BCUT2D eigenvalue weighted by atomic mass is 10.3. The van der Waals surface area contributed by atoms with Gasteiger partial charge < -0.3 is 4.18 Å². The molecule has 72 valence electrons. The quantitative estimate of drug-likeness (QED) is 0.770. The molecule has 0 saturated carbocycles. The summed E-state index contributed by atoms with van der Waals surface area (Å²) in [6, 6.07) is 3.56. The van der Waals surface area contributed by atoms with E-state index in [2.05, 4.69) is 20.1 Å². The molecule has 0 fully saturated rings. The third-order valence-electron chi connectivity index (χ3n) is 1.13. The summed E-state index contributed by atoms with van der Waals surface area (Å²) in [5.41, 5.74) is 0. The smallest absolute Gasteiger partial charge is 0.306 e. The fraction of sp³-hybridized carbons (Fsp3) is 0.143. The normalized spacial score (nSPS) is 11.3. The Morgan fingerprint density at radius 2 is 2.08 bits per heavy atom. The number of benzene rings is 1. The lowest BCUT2D eigenvalue weighted by molar-refractivity contribution is 0.488. The molecular formula is C7H6BrFO3S. The molecule has 0 radical (unpaired) electrons. The van der Waals surface area contributed by atoms with Crippen molar-refractivity contribution in [2.45, 2.75) is 0 Å². The summed E-state index contributed by atoms with van der Waals surface area (Å²) in [5, 5.41) is 0. The van der Waals surface area contributed by atoms with Crippen molar-refractivity contribution in [3.8, 4) is 5.75 Å². The molecule has 0 spiro atoms. The standard InChI is InChI=1S/C7H6BrFO3S/c1-13(10,11)12-7-4-5(9)2-3-6(7)8/h2-4H,1H3. The van der Waals surface area contributed by atoms with Gasteiger partial charge in [-0.3, -0.25) is 0 Å². The van der Waals surface area contributed by atoms with E-state index in [9.17, 15) is 12.8 Å². The highest BCUT2D eigenvalue weighted by Gasteiger charge is 2.08. The molecule has 6 heteroatoms. The van der Waals surface area contributed by atoms with Crippen molar-refractivity contribution in [1.29, 1.82) is 0 Å². The van der Waals surface area contributed by atoms with Crippen LogP contribution in [0.4, 0.5) is 4.39 Å². The first-order valence-corrected chi connectivity index (χ1v) is 5.84. The van der Waals surface area contributed by atoms with Crippen molar-refractivity contribution in [3.63, 3.8) is 0 Å². The molecule has 0 unspecified atom stereocenters. The summed E-state index contributed by atoms with van der Waals surface area (Å²) >= 11 is 3.03. The van der Waals surface area contributed by atoms with E-state index < -0.39 is 15.9 Å². The molecule has 13 heavy (non-hydrogen) atoms. The van der Waals surface area contributed by atoms with Crippen molar-refractivity contribution in [2.24, 2.45) is 0 Å². The van der Waals surface area contributed by atoms with Gasteiger partial charge in [-0.05, 0) is 28.1 Å². The van der Waals surface area contributed by atoms with Gasteiger partial charge in [-0.25, -0.2) is 4.39 Å². The predicted octanol–water partition coefficient (Wildman–Crippen LogP) is 1.93. The Kier molecular flexibility index (Phi) is 2.92. The van der Waals surface area contributed by atoms with Crippen LogP contribution in [0.1, 0.15) is 0 Å². The third-order valence-corrected chi connectivity index (χ3v) is 2.27. The summed E-state index contributed by atoms with van der Waals surface area (Å²) in [5.74, 6) is -0.607. The summed E-state index contributed by atoms with van der Waals surface area (Å²) < 4.78 is 38.9. The van der Waals surface area contributed by atoms with Gasteiger partial charge in [0.1, 0.15) is 5.82 Å². The van der Waals surface area contributed by atoms with E-state index in [1.807, 2.05) is 0 Å². The van der Waals surface area contributed by atoms with Crippen LogP contribution in [0.5, 0.6) is 5.75 Å². The lowest BCUT2D eigenvalue weighted by Crippen LogP contribution is -2.06. The molecule has 0 aromatic heterocycles. The fourth-order valence-electron chi connectivity index (χ4n) is 0.704. The van der Waals surface area contributed by atoms with E-state index in [4.69, 9.17) is 0 Å². The number of hydrogen-bond donors (Lipinski definition) is 0. The maximum Gasteiger partial charge on any atom is 0.306 e. The van der Waals surface area contributed by atoms with Crippen LogP contribution in [0.25, 0.3) is 0 Å². The molecule has 0 atom stereocenters. The van der Waals surface area contributed by atoms with Crippen molar-refractivity contribution >= 4 is 26.0 Å². The van der Waals surface area contributed by atoms with Gasteiger partial charge in [0.25, 0.3) is 0 Å². The average Bonchev–Trinajstić information content (AvgIpc) is 1.94. The summed E-state index contributed by atoms with van der Waals surface area (Å²) in [6.45, 7) is 0. The molecule has 0 bridgehead atoms. The predicted molar refractivity (Wildman–Crippen MR) is 49.6 cm³/mol. The zero-order chi connectivity index (χ0) is 10.1. The molecule has 0 aliphatic carbocycles. The second kappa shape index (κ2) is 3.63. The van der Waals surface area contributed by atoms with Gasteiger partial charge in [0.05, 0.1) is 10.7 Å². The van der Waals surface area contributed by atoms with Crippen LogP contribution in [0.2, 0.25) is 0 Å². The van der Waals surface area contributed by atoms with Crippen LogP contribution in [0.15, 0.2) is 22.7 Å². The number of halogens is 2. The minimum Gasteiger partial charge on any atom is -0.381 e. The molecule has 0 N–H and O–H groups in total. The summed E-state index contributed by atoms with van der Waals surface area (Å²) in [4.78, 5) is 0. The molecule has 0 amide bonds. The minimum atomic E-state index is -3.61. The Bertz CT molecular complexity index is 416. The van der Waals surface area contributed by atoms with Crippen LogP contribution in [-0.2, 0) is 10.1 Å². The van der Waals surface area contributed by atoms with Gasteiger partial charge >= 0.3 is 10.1 Å². The van der Waals surface area contributed by atoms with E-state index in [-0.39, 0.29) is 5.75 Å². The highest BCUT2D eigenvalue weighted by molar-refractivity contribution is 9.10. The molecule has 3 nitrogen and oxygen atoms in total. The largest absolute Gasteiger partial charge is 0.381 e. The fourth-order valence-corrected chi connectivity index (χ4v) is 1.60. The maximum absolute atomic E-state index is 12.6. The topological polar surface area (TPSA) is 43.4 Å². The first-order chi connectivity index (χ1) is 5.88. The zero-order valence-corrected chi connectivity index (χ0v) is 9.02. The number of rotatable bonds is 2. The average molecular weight is 269 g/mol. The molecule has 0 aliphatic rings. The van der Waals surface area contributed by atoms with Crippen LogP contribution < -0.4 is 4.18 Å².